The summed E-state index contributed by atoms with van der Waals surface area (Å²) in [6, 6.07) is 28.2. The first kappa shape index (κ1) is 14.0. The predicted molar refractivity (Wildman–Crippen MR) is 91.4 cm³/mol. The van der Waals surface area contributed by atoms with Gasteiger partial charge in [-0.1, -0.05) is 60.7 Å². The molecule has 106 valence electrons. The van der Waals surface area contributed by atoms with Crippen LogP contribution >= 0.6 is 0 Å². The molecule has 2 heterocycles. The highest BCUT2D eigenvalue weighted by Gasteiger charge is 1.93. The van der Waals surface area contributed by atoms with Crippen LogP contribution in [0.4, 0.5) is 0 Å². The van der Waals surface area contributed by atoms with Crippen LogP contribution in [-0.2, 0) is 0 Å². The summed E-state index contributed by atoms with van der Waals surface area (Å²) in [6.07, 6.45) is 3.62. The molecule has 2 aromatic heterocycles. The third-order valence-corrected chi connectivity index (χ3v) is 3.25. The van der Waals surface area contributed by atoms with Gasteiger partial charge < -0.3 is 0 Å². The first-order valence-corrected chi connectivity index (χ1v) is 7.20. The zero-order valence-corrected chi connectivity index (χ0v) is 12.1. The van der Waals surface area contributed by atoms with E-state index in [1.54, 1.807) is 0 Å². The highest BCUT2D eigenvalue weighted by molar-refractivity contribution is 5.77. The molecule has 0 atom stereocenters. The molecule has 0 amide bonds. The van der Waals surface area contributed by atoms with Crippen LogP contribution in [0.5, 0.6) is 0 Å². The number of para-hydroxylation sites is 1. The molecule has 0 fully saturated rings. The number of nitrogens with zero attached hydrogens (tertiary/aromatic N) is 2. The normalized spacial score (nSPS) is 9.82. The van der Waals surface area contributed by atoms with E-state index in [4.69, 9.17) is 0 Å². The van der Waals surface area contributed by atoms with Gasteiger partial charge in [0.1, 0.15) is 0 Å². The van der Waals surface area contributed by atoms with Crippen molar-refractivity contribution in [2.45, 2.75) is 0 Å². The van der Waals surface area contributed by atoms with Crippen LogP contribution in [-0.4, -0.2) is 9.97 Å². The Kier molecular flexibility index (Phi) is 4.53. The summed E-state index contributed by atoms with van der Waals surface area (Å²) in [4.78, 5) is 8.43. The van der Waals surface area contributed by atoms with Crippen LogP contribution in [0.25, 0.3) is 22.2 Å². The van der Waals surface area contributed by atoms with Crippen molar-refractivity contribution in [2.24, 2.45) is 0 Å². The van der Waals surface area contributed by atoms with Gasteiger partial charge in [-0.05, 0) is 24.3 Å². The van der Waals surface area contributed by atoms with Crippen LogP contribution in [0, 0.1) is 0 Å². The fourth-order valence-electron chi connectivity index (χ4n) is 2.16. The Balaban J connectivity index is 0.000000133. The third kappa shape index (κ3) is 3.55. The average Bonchev–Trinajstić information content (AvgIpc) is 2.64. The van der Waals surface area contributed by atoms with Crippen LogP contribution in [0.15, 0.2) is 97.3 Å². The quantitative estimate of drug-likeness (QED) is 0.492. The van der Waals surface area contributed by atoms with E-state index in [-0.39, 0.29) is 0 Å². The van der Waals surface area contributed by atoms with Crippen LogP contribution in [0.1, 0.15) is 0 Å². The summed E-state index contributed by atoms with van der Waals surface area (Å²) < 4.78 is 0. The van der Waals surface area contributed by atoms with E-state index in [1.165, 1.54) is 5.39 Å². The van der Waals surface area contributed by atoms with Crippen molar-refractivity contribution in [3.05, 3.63) is 97.3 Å². The van der Waals surface area contributed by atoms with Crippen molar-refractivity contribution in [3.63, 3.8) is 0 Å². The van der Waals surface area contributed by atoms with Crippen molar-refractivity contribution in [3.8, 4) is 11.3 Å². The maximum atomic E-state index is 4.25. The number of hydrogen-bond donors (Lipinski definition) is 0. The highest BCUT2D eigenvalue weighted by Crippen LogP contribution is 2.14. The molecule has 0 radical (unpaired) electrons. The molecule has 0 saturated heterocycles. The minimum Gasteiger partial charge on any atom is -0.256 e. The van der Waals surface area contributed by atoms with Gasteiger partial charge in [0.25, 0.3) is 0 Å². The van der Waals surface area contributed by atoms with Gasteiger partial charge >= 0.3 is 0 Å². The fourth-order valence-corrected chi connectivity index (χ4v) is 2.16. The minimum absolute atomic E-state index is 1.03. The molecule has 0 N–H and O–H groups in total. The van der Waals surface area contributed by atoms with Gasteiger partial charge in [-0.15, -0.1) is 0 Å². The predicted octanol–water partition coefficient (Wildman–Crippen LogP) is 4.98. The van der Waals surface area contributed by atoms with Crippen LogP contribution < -0.4 is 0 Å². The molecular formula is C20H16N2. The Hall–Kier alpha value is -3.00. The Labute approximate surface area is 130 Å². The molecule has 22 heavy (non-hydrogen) atoms. The first-order valence-electron chi connectivity index (χ1n) is 7.20. The van der Waals surface area contributed by atoms with Crippen LogP contribution in [0.3, 0.4) is 0 Å². The van der Waals surface area contributed by atoms with Gasteiger partial charge in [0.2, 0.25) is 0 Å². The second-order valence-corrected chi connectivity index (χ2v) is 4.78. The summed E-state index contributed by atoms with van der Waals surface area (Å²) in [5.41, 5.74) is 3.25. The topological polar surface area (TPSA) is 25.8 Å². The van der Waals surface area contributed by atoms with Gasteiger partial charge in [0.15, 0.2) is 0 Å². The Morgan fingerprint density at radius 1 is 0.500 bits per heavy atom. The number of pyridine rings is 2. The number of fused-ring (bicyclic) bond motifs is 1. The molecule has 0 aliphatic heterocycles. The summed E-state index contributed by atoms with van der Waals surface area (Å²) in [5, 5.41) is 1.20. The SMILES string of the molecule is c1ccc(-c2ccccn2)cc1.c1ccc2ncccc2c1. The molecule has 0 aliphatic rings. The number of hydrogen-bond acceptors (Lipinski definition) is 2. The lowest BCUT2D eigenvalue weighted by atomic mass is 10.1. The van der Waals surface area contributed by atoms with Crippen molar-refractivity contribution >= 4 is 10.9 Å². The van der Waals surface area contributed by atoms with Gasteiger partial charge in [-0.25, -0.2) is 0 Å². The highest BCUT2D eigenvalue weighted by atomic mass is 14.7. The van der Waals surface area contributed by atoms with E-state index >= 15 is 0 Å². The fraction of sp³-hybridized carbons (Fsp3) is 0. The number of benzene rings is 2. The average molecular weight is 284 g/mol. The molecule has 4 aromatic rings. The molecule has 0 spiro atoms. The second-order valence-electron chi connectivity index (χ2n) is 4.78. The van der Waals surface area contributed by atoms with E-state index in [9.17, 15) is 0 Å². The summed E-state index contributed by atoms with van der Waals surface area (Å²) in [7, 11) is 0. The minimum atomic E-state index is 1.03. The smallest absolute Gasteiger partial charge is 0.0701 e. The molecule has 2 nitrogen and oxygen atoms in total. The van der Waals surface area contributed by atoms with E-state index in [1.807, 2.05) is 73.1 Å². The van der Waals surface area contributed by atoms with Gasteiger partial charge in [0.05, 0.1) is 11.2 Å². The second kappa shape index (κ2) is 7.14. The van der Waals surface area contributed by atoms with Crippen molar-refractivity contribution < 1.29 is 0 Å². The Morgan fingerprint density at radius 3 is 1.95 bits per heavy atom. The molecule has 4 rings (SSSR count). The summed E-state index contributed by atoms with van der Waals surface area (Å²) >= 11 is 0. The van der Waals surface area contributed by atoms with Crippen molar-refractivity contribution in [1.29, 1.82) is 0 Å². The lowest BCUT2D eigenvalue weighted by molar-refractivity contribution is 1.33. The number of aromatic nitrogens is 2. The molecule has 2 heteroatoms. The molecular weight excluding hydrogens is 268 g/mol. The van der Waals surface area contributed by atoms with Crippen molar-refractivity contribution in [1.82, 2.24) is 9.97 Å². The van der Waals surface area contributed by atoms with E-state index in [2.05, 4.69) is 34.2 Å². The Morgan fingerprint density at radius 2 is 1.18 bits per heavy atom. The van der Waals surface area contributed by atoms with E-state index in [0.717, 1.165) is 16.8 Å². The zero-order valence-electron chi connectivity index (χ0n) is 12.1. The van der Waals surface area contributed by atoms with Crippen molar-refractivity contribution in [2.75, 3.05) is 0 Å². The van der Waals surface area contributed by atoms with Crippen LogP contribution in [0.2, 0.25) is 0 Å². The maximum Gasteiger partial charge on any atom is 0.0701 e. The lowest BCUT2D eigenvalue weighted by Gasteiger charge is -1.97. The van der Waals surface area contributed by atoms with Gasteiger partial charge in [-0.2, -0.15) is 0 Å². The van der Waals surface area contributed by atoms with Gasteiger partial charge in [0, 0.05) is 23.3 Å². The third-order valence-electron chi connectivity index (χ3n) is 3.25. The monoisotopic (exact) mass is 284 g/mol. The maximum absolute atomic E-state index is 4.25. The summed E-state index contributed by atoms with van der Waals surface area (Å²) in [5.74, 6) is 0. The van der Waals surface area contributed by atoms with E-state index < -0.39 is 0 Å². The Bertz CT molecular complexity index is 724. The number of rotatable bonds is 1. The molecule has 0 saturated carbocycles. The lowest BCUT2D eigenvalue weighted by Crippen LogP contribution is -1.79. The van der Waals surface area contributed by atoms with Gasteiger partial charge in [-0.3, -0.25) is 9.97 Å². The zero-order chi connectivity index (χ0) is 15.0. The molecule has 0 aliphatic carbocycles. The first-order chi connectivity index (χ1) is 10.9. The summed E-state index contributed by atoms with van der Waals surface area (Å²) in [6.45, 7) is 0. The van der Waals surface area contributed by atoms with E-state index in [0.29, 0.717) is 0 Å². The molecule has 0 unspecified atom stereocenters. The largest absolute Gasteiger partial charge is 0.256 e. The molecule has 2 aromatic carbocycles. The molecule has 0 bridgehead atoms. The standard InChI is InChI=1S/C11H9N.C9H7N/c1-2-6-10(7-3-1)11-8-4-5-9-12-11;1-2-6-9-8(4-1)5-3-7-10-9/h1-9H;1-7H.